The first-order valence-electron chi connectivity index (χ1n) is 11.9. The highest BCUT2D eigenvalue weighted by molar-refractivity contribution is 6.07. The summed E-state index contributed by atoms with van der Waals surface area (Å²) in [5, 5.41) is 3.00. The highest BCUT2D eigenvalue weighted by Gasteiger charge is 2.34. The quantitative estimate of drug-likeness (QED) is 0.597. The Bertz CT molecular complexity index is 1270. The van der Waals surface area contributed by atoms with Gasteiger partial charge in [-0.05, 0) is 54.3 Å². The number of hydrogen-bond acceptors (Lipinski definition) is 4. The molecule has 35 heavy (non-hydrogen) atoms. The Morgan fingerprint density at radius 1 is 1.00 bits per heavy atom. The zero-order chi connectivity index (χ0) is 24.4. The van der Waals surface area contributed by atoms with E-state index in [0.717, 1.165) is 23.2 Å². The van der Waals surface area contributed by atoms with Crippen LogP contribution in [-0.4, -0.2) is 36.9 Å². The van der Waals surface area contributed by atoms with Crippen LogP contribution in [0.3, 0.4) is 0 Å². The van der Waals surface area contributed by atoms with Crippen LogP contribution >= 0.6 is 0 Å². The molecule has 3 aromatic rings. The standard InChI is InChI=1S/C28H27N3O4/c1-2-22(31-24-10-6-7-11-25(24)35-18-26(31)32)27(33)29-17-19-12-13-23-21(16-19)14-15-30(23)28(34)20-8-4-3-5-9-20/h3-13,16,22H,2,14-15,17-18H2,1H3,(H,29,33)/t22-/m0/s1. The van der Waals surface area contributed by atoms with Crippen LogP contribution in [0.2, 0.25) is 0 Å². The van der Waals surface area contributed by atoms with Gasteiger partial charge in [0.25, 0.3) is 11.8 Å². The summed E-state index contributed by atoms with van der Waals surface area (Å²) in [6.45, 7) is 2.79. The zero-order valence-electron chi connectivity index (χ0n) is 19.6. The Hall–Kier alpha value is -4.13. The summed E-state index contributed by atoms with van der Waals surface area (Å²) in [4.78, 5) is 42.0. The molecular formula is C28H27N3O4. The number of para-hydroxylation sites is 2. The lowest BCUT2D eigenvalue weighted by Gasteiger charge is -2.34. The molecular weight excluding hydrogens is 442 g/mol. The molecule has 2 aliphatic rings. The zero-order valence-corrected chi connectivity index (χ0v) is 19.6. The molecule has 1 atom stereocenters. The van der Waals surface area contributed by atoms with E-state index < -0.39 is 6.04 Å². The van der Waals surface area contributed by atoms with Crippen LogP contribution in [0.1, 0.15) is 34.8 Å². The molecule has 0 bridgehead atoms. The molecule has 0 saturated carbocycles. The van der Waals surface area contributed by atoms with E-state index in [1.54, 1.807) is 17.0 Å². The highest BCUT2D eigenvalue weighted by Crippen LogP contribution is 2.34. The Kier molecular flexibility index (Phi) is 6.23. The van der Waals surface area contributed by atoms with Gasteiger partial charge in [-0.1, -0.05) is 49.4 Å². The summed E-state index contributed by atoms with van der Waals surface area (Å²) in [6.07, 6.45) is 1.25. The van der Waals surface area contributed by atoms with E-state index in [-0.39, 0.29) is 24.3 Å². The van der Waals surface area contributed by atoms with Crippen molar-refractivity contribution in [2.24, 2.45) is 0 Å². The molecule has 3 aromatic carbocycles. The molecule has 0 aliphatic carbocycles. The maximum Gasteiger partial charge on any atom is 0.265 e. The van der Waals surface area contributed by atoms with Gasteiger partial charge in [-0.25, -0.2) is 0 Å². The third kappa shape index (κ3) is 4.37. The van der Waals surface area contributed by atoms with Gasteiger partial charge in [0.15, 0.2) is 6.61 Å². The number of amides is 3. The SMILES string of the molecule is CC[C@@H](C(=O)NCc1ccc2c(c1)CCN2C(=O)c1ccccc1)N1C(=O)COc2ccccc21. The van der Waals surface area contributed by atoms with Crippen molar-refractivity contribution in [3.05, 3.63) is 89.5 Å². The van der Waals surface area contributed by atoms with Gasteiger partial charge >= 0.3 is 0 Å². The van der Waals surface area contributed by atoms with Crippen LogP contribution in [0.4, 0.5) is 11.4 Å². The Balaban J connectivity index is 1.28. The fourth-order valence-electron chi connectivity index (χ4n) is 4.77. The number of fused-ring (bicyclic) bond motifs is 2. The molecule has 3 amide bonds. The number of anilines is 2. The Morgan fingerprint density at radius 2 is 1.77 bits per heavy atom. The molecule has 178 valence electrons. The summed E-state index contributed by atoms with van der Waals surface area (Å²) < 4.78 is 5.52. The van der Waals surface area contributed by atoms with Gasteiger partial charge in [0, 0.05) is 24.3 Å². The molecule has 7 nitrogen and oxygen atoms in total. The predicted molar refractivity (Wildman–Crippen MR) is 134 cm³/mol. The van der Waals surface area contributed by atoms with Crippen molar-refractivity contribution in [2.45, 2.75) is 32.4 Å². The van der Waals surface area contributed by atoms with Crippen molar-refractivity contribution >= 4 is 29.1 Å². The first kappa shape index (κ1) is 22.7. The van der Waals surface area contributed by atoms with E-state index in [9.17, 15) is 14.4 Å². The number of benzene rings is 3. The fourth-order valence-corrected chi connectivity index (χ4v) is 4.77. The van der Waals surface area contributed by atoms with E-state index in [2.05, 4.69) is 5.32 Å². The topological polar surface area (TPSA) is 79.0 Å². The maximum atomic E-state index is 13.1. The minimum Gasteiger partial charge on any atom is -0.482 e. The van der Waals surface area contributed by atoms with Crippen LogP contribution in [0.5, 0.6) is 5.75 Å². The van der Waals surface area contributed by atoms with E-state index in [1.807, 2.05) is 72.5 Å². The van der Waals surface area contributed by atoms with E-state index in [4.69, 9.17) is 4.74 Å². The summed E-state index contributed by atoms with van der Waals surface area (Å²) in [7, 11) is 0. The summed E-state index contributed by atoms with van der Waals surface area (Å²) >= 11 is 0. The molecule has 5 rings (SSSR count). The fraction of sp³-hybridized carbons (Fsp3) is 0.250. The van der Waals surface area contributed by atoms with Gasteiger partial charge in [-0.2, -0.15) is 0 Å². The Morgan fingerprint density at radius 3 is 2.57 bits per heavy atom. The van der Waals surface area contributed by atoms with Gasteiger partial charge in [0.2, 0.25) is 5.91 Å². The van der Waals surface area contributed by atoms with Gasteiger partial charge in [0.05, 0.1) is 5.69 Å². The Labute approximate surface area is 204 Å². The minimum atomic E-state index is -0.624. The first-order valence-corrected chi connectivity index (χ1v) is 11.9. The molecule has 0 spiro atoms. The summed E-state index contributed by atoms with van der Waals surface area (Å²) in [5.74, 6) is 0.156. The molecule has 7 heteroatoms. The van der Waals surface area contributed by atoms with Crippen molar-refractivity contribution in [3.63, 3.8) is 0 Å². The number of ether oxygens (including phenoxy) is 1. The average molecular weight is 470 g/mol. The molecule has 0 radical (unpaired) electrons. The first-order chi connectivity index (χ1) is 17.1. The number of carbonyl (C=O) groups is 3. The summed E-state index contributed by atoms with van der Waals surface area (Å²) in [6, 6.07) is 21.8. The smallest absolute Gasteiger partial charge is 0.265 e. The lowest BCUT2D eigenvalue weighted by molar-refractivity contribution is -0.128. The van der Waals surface area contributed by atoms with Crippen LogP contribution < -0.4 is 19.9 Å². The van der Waals surface area contributed by atoms with Crippen LogP contribution in [-0.2, 0) is 22.6 Å². The molecule has 0 saturated heterocycles. The second kappa shape index (κ2) is 9.62. The number of hydrogen-bond donors (Lipinski definition) is 1. The normalized spacial score (nSPS) is 15.2. The molecule has 0 unspecified atom stereocenters. The van der Waals surface area contributed by atoms with Crippen molar-refractivity contribution in [1.29, 1.82) is 0 Å². The van der Waals surface area contributed by atoms with E-state index >= 15 is 0 Å². The highest BCUT2D eigenvalue weighted by atomic mass is 16.5. The van der Waals surface area contributed by atoms with Crippen molar-refractivity contribution in [1.82, 2.24) is 5.32 Å². The molecule has 0 aromatic heterocycles. The largest absolute Gasteiger partial charge is 0.482 e. The van der Waals surface area contributed by atoms with Crippen LogP contribution in [0, 0.1) is 0 Å². The second-order valence-electron chi connectivity index (χ2n) is 8.70. The van der Waals surface area contributed by atoms with Crippen LogP contribution in [0.25, 0.3) is 0 Å². The lowest BCUT2D eigenvalue weighted by atomic mass is 10.1. The number of rotatable bonds is 6. The van der Waals surface area contributed by atoms with Crippen LogP contribution in [0.15, 0.2) is 72.8 Å². The van der Waals surface area contributed by atoms with Gasteiger partial charge in [-0.15, -0.1) is 0 Å². The molecule has 2 aliphatic heterocycles. The second-order valence-corrected chi connectivity index (χ2v) is 8.70. The molecule has 0 fully saturated rings. The van der Waals surface area contributed by atoms with Crippen molar-refractivity contribution in [3.8, 4) is 5.75 Å². The number of nitrogens with one attached hydrogen (secondary N) is 1. The van der Waals surface area contributed by atoms with Gasteiger partial charge in [0.1, 0.15) is 11.8 Å². The third-order valence-corrected chi connectivity index (χ3v) is 6.52. The maximum absolute atomic E-state index is 13.1. The third-order valence-electron chi connectivity index (χ3n) is 6.52. The van der Waals surface area contributed by atoms with Gasteiger partial charge < -0.3 is 15.0 Å². The predicted octanol–water partition coefficient (Wildman–Crippen LogP) is 3.71. The lowest BCUT2D eigenvalue weighted by Crippen LogP contribution is -2.52. The number of nitrogens with zero attached hydrogens (tertiary/aromatic N) is 2. The van der Waals surface area contributed by atoms with E-state index in [1.165, 1.54) is 0 Å². The van der Waals surface area contributed by atoms with E-state index in [0.29, 0.717) is 36.5 Å². The monoisotopic (exact) mass is 469 g/mol. The molecule has 2 heterocycles. The van der Waals surface area contributed by atoms with Crippen molar-refractivity contribution in [2.75, 3.05) is 23.0 Å². The average Bonchev–Trinajstić information content (AvgIpc) is 3.32. The van der Waals surface area contributed by atoms with Gasteiger partial charge in [-0.3, -0.25) is 19.3 Å². The summed E-state index contributed by atoms with van der Waals surface area (Å²) in [5.41, 5.74) is 4.24. The minimum absolute atomic E-state index is 0.00773. The molecule has 1 N–H and O–H groups in total. The number of carbonyl (C=O) groups excluding carboxylic acids is 3. The van der Waals surface area contributed by atoms with Crippen molar-refractivity contribution < 1.29 is 19.1 Å².